The highest BCUT2D eigenvalue weighted by atomic mass is 35.5. The number of thiol groups is 1. The molecule has 4 rings (SSSR count). The fourth-order valence-electron chi connectivity index (χ4n) is 2.56. The first kappa shape index (κ1) is 22.7. The van der Waals surface area contributed by atoms with Gasteiger partial charge in [0, 0.05) is 39.3 Å². The van der Waals surface area contributed by atoms with Crippen LogP contribution in [-0.4, -0.2) is 29.0 Å². The van der Waals surface area contributed by atoms with Gasteiger partial charge in [-0.1, -0.05) is 25.4 Å². The summed E-state index contributed by atoms with van der Waals surface area (Å²) >= 11 is 13.1. The summed E-state index contributed by atoms with van der Waals surface area (Å²) in [7, 11) is 0. The van der Waals surface area contributed by atoms with Crippen LogP contribution in [0, 0.1) is 0 Å². The molecule has 4 aromatic rings. The molecule has 0 unspecified atom stereocenters. The lowest BCUT2D eigenvalue weighted by atomic mass is 10.2. The molecular weight excluding hydrogens is 456 g/mol. The molecule has 0 aliphatic carbocycles. The van der Waals surface area contributed by atoms with Crippen LogP contribution in [0.3, 0.4) is 0 Å². The minimum absolute atomic E-state index is 0.186. The Hall–Kier alpha value is -1.97. The number of carbonyl (C=O) groups is 1. The van der Waals surface area contributed by atoms with Crippen molar-refractivity contribution in [1.29, 1.82) is 0 Å². The van der Waals surface area contributed by atoms with Gasteiger partial charge in [-0.3, -0.25) is 4.79 Å². The van der Waals surface area contributed by atoms with E-state index in [1.165, 1.54) is 11.3 Å². The zero-order valence-electron chi connectivity index (χ0n) is 16.5. The zero-order valence-corrected chi connectivity index (χ0v) is 19.8. The van der Waals surface area contributed by atoms with Crippen LogP contribution in [0.25, 0.3) is 20.8 Å². The molecule has 156 valence electrons. The number of aromatic nitrogens is 2. The molecule has 0 radical (unpaired) electrons. The molecule has 1 aromatic carbocycles. The van der Waals surface area contributed by atoms with Crippen LogP contribution < -0.4 is 10.6 Å². The predicted octanol–water partition coefficient (Wildman–Crippen LogP) is 6.23. The molecule has 0 aliphatic rings. The standard InChI is InChI=1S/C17H10ClN3OS3.C4H11N/c18-12-2-1-11(7-13(12)23)21-15(22)14-6-9-5-10(8-20-17(9)25-14)16-19-3-4-24-16;1-3-5-4-2/h1-8,23H,(H,21,22);5H,3-4H2,1-2H3. The SMILES string of the molecule is CCNCC.O=C(Nc1ccc(Cl)c(S)c1)c1cc2cc(-c3nccs3)cnc2s1. The number of thiazole rings is 1. The summed E-state index contributed by atoms with van der Waals surface area (Å²) in [6.45, 7) is 6.39. The summed E-state index contributed by atoms with van der Waals surface area (Å²) in [5.41, 5.74) is 1.60. The molecule has 30 heavy (non-hydrogen) atoms. The number of amides is 1. The highest BCUT2D eigenvalue weighted by Gasteiger charge is 2.13. The van der Waals surface area contributed by atoms with Crippen LogP contribution in [-0.2, 0) is 0 Å². The molecule has 0 bridgehead atoms. The number of hydrogen-bond donors (Lipinski definition) is 3. The second-order valence-electron chi connectivity index (χ2n) is 6.14. The van der Waals surface area contributed by atoms with E-state index in [-0.39, 0.29) is 5.91 Å². The maximum atomic E-state index is 12.5. The van der Waals surface area contributed by atoms with Gasteiger partial charge in [0.1, 0.15) is 9.84 Å². The third-order valence-corrected chi connectivity index (χ3v) is 6.69. The Kier molecular flexibility index (Phi) is 8.24. The van der Waals surface area contributed by atoms with Crippen molar-refractivity contribution in [2.45, 2.75) is 18.7 Å². The number of rotatable bonds is 5. The van der Waals surface area contributed by atoms with Crippen LogP contribution in [0.4, 0.5) is 5.69 Å². The van der Waals surface area contributed by atoms with Crippen LogP contribution in [0.2, 0.25) is 5.02 Å². The average molecular weight is 477 g/mol. The first-order valence-corrected chi connectivity index (χ1v) is 11.8. The molecule has 5 nitrogen and oxygen atoms in total. The number of benzene rings is 1. The molecule has 0 fully saturated rings. The normalized spacial score (nSPS) is 10.5. The van der Waals surface area contributed by atoms with Gasteiger partial charge in [-0.25, -0.2) is 9.97 Å². The first-order valence-electron chi connectivity index (χ1n) is 9.31. The Morgan fingerprint density at radius 1 is 1.17 bits per heavy atom. The number of hydrogen-bond acceptors (Lipinski definition) is 7. The van der Waals surface area contributed by atoms with Gasteiger partial charge in [0.25, 0.3) is 5.91 Å². The number of nitrogens with zero attached hydrogens (tertiary/aromatic N) is 2. The molecule has 1 amide bonds. The molecule has 0 atom stereocenters. The summed E-state index contributed by atoms with van der Waals surface area (Å²) < 4.78 is 0. The van der Waals surface area contributed by atoms with E-state index in [1.807, 2.05) is 17.5 Å². The van der Waals surface area contributed by atoms with Gasteiger partial charge in [-0.2, -0.15) is 0 Å². The van der Waals surface area contributed by atoms with Crippen molar-refractivity contribution >= 4 is 68.7 Å². The molecule has 2 N–H and O–H groups in total. The topological polar surface area (TPSA) is 66.9 Å². The molecule has 3 heterocycles. The largest absolute Gasteiger partial charge is 0.321 e. The Morgan fingerprint density at radius 3 is 2.60 bits per heavy atom. The van der Waals surface area contributed by atoms with Crippen molar-refractivity contribution in [3.8, 4) is 10.6 Å². The minimum atomic E-state index is -0.186. The Labute approximate surface area is 193 Å². The second kappa shape index (κ2) is 10.9. The summed E-state index contributed by atoms with van der Waals surface area (Å²) in [5.74, 6) is -0.186. The lowest BCUT2D eigenvalue weighted by Crippen LogP contribution is -2.09. The molecule has 0 saturated heterocycles. The van der Waals surface area contributed by atoms with E-state index >= 15 is 0 Å². The van der Waals surface area contributed by atoms with Crippen molar-refractivity contribution in [2.24, 2.45) is 0 Å². The van der Waals surface area contributed by atoms with Gasteiger partial charge in [0.2, 0.25) is 0 Å². The maximum Gasteiger partial charge on any atom is 0.265 e. The molecule has 0 spiro atoms. The number of carbonyl (C=O) groups excluding carboxylic acids is 1. The number of halogens is 1. The van der Waals surface area contributed by atoms with Gasteiger partial charge in [0.15, 0.2) is 0 Å². The number of anilines is 1. The Bertz CT molecular complexity index is 1130. The van der Waals surface area contributed by atoms with Crippen LogP contribution in [0.15, 0.2) is 53.0 Å². The van der Waals surface area contributed by atoms with Crippen LogP contribution in [0.1, 0.15) is 23.5 Å². The van der Waals surface area contributed by atoms with E-state index in [0.717, 1.165) is 33.9 Å². The summed E-state index contributed by atoms with van der Waals surface area (Å²) in [6, 6.07) is 9.01. The first-order chi connectivity index (χ1) is 14.5. The van der Waals surface area contributed by atoms with E-state index in [0.29, 0.717) is 20.5 Å². The van der Waals surface area contributed by atoms with Crippen molar-refractivity contribution in [3.63, 3.8) is 0 Å². The van der Waals surface area contributed by atoms with Gasteiger partial charge in [-0.15, -0.1) is 35.3 Å². The highest BCUT2D eigenvalue weighted by molar-refractivity contribution is 7.80. The zero-order chi connectivity index (χ0) is 21.5. The number of pyridine rings is 1. The number of nitrogens with one attached hydrogen (secondary N) is 2. The van der Waals surface area contributed by atoms with E-state index < -0.39 is 0 Å². The maximum absolute atomic E-state index is 12.5. The van der Waals surface area contributed by atoms with Crippen LogP contribution in [0.5, 0.6) is 0 Å². The number of fused-ring (bicyclic) bond motifs is 1. The molecule has 0 aliphatic heterocycles. The Morgan fingerprint density at radius 2 is 1.97 bits per heavy atom. The van der Waals surface area contributed by atoms with E-state index in [9.17, 15) is 4.79 Å². The molecule has 0 saturated carbocycles. The van der Waals surface area contributed by atoms with Gasteiger partial charge < -0.3 is 10.6 Å². The molecule has 9 heteroatoms. The second-order valence-corrected chi connectivity index (χ2v) is 8.96. The lowest BCUT2D eigenvalue weighted by molar-refractivity contribution is 0.103. The van der Waals surface area contributed by atoms with Crippen molar-refractivity contribution in [1.82, 2.24) is 15.3 Å². The number of thiophene rings is 1. The highest BCUT2D eigenvalue weighted by Crippen LogP contribution is 2.30. The molecular formula is C21H21ClN4OS3. The van der Waals surface area contributed by atoms with Crippen molar-refractivity contribution in [3.05, 3.63) is 58.0 Å². The minimum Gasteiger partial charge on any atom is -0.321 e. The fourth-order valence-corrected chi connectivity index (χ4v) is 4.39. The van der Waals surface area contributed by atoms with Crippen LogP contribution >= 0.6 is 46.9 Å². The van der Waals surface area contributed by atoms with Crippen molar-refractivity contribution in [2.75, 3.05) is 18.4 Å². The third-order valence-electron chi connectivity index (χ3n) is 3.98. The predicted molar refractivity (Wildman–Crippen MR) is 132 cm³/mol. The van der Waals surface area contributed by atoms with Crippen molar-refractivity contribution < 1.29 is 4.79 Å². The van der Waals surface area contributed by atoms with E-state index in [4.69, 9.17) is 11.6 Å². The average Bonchev–Trinajstić information content (AvgIpc) is 3.41. The summed E-state index contributed by atoms with van der Waals surface area (Å²) in [6.07, 6.45) is 3.55. The van der Waals surface area contributed by atoms with E-state index in [1.54, 1.807) is 41.9 Å². The summed E-state index contributed by atoms with van der Waals surface area (Å²) in [5, 5.41) is 10.3. The van der Waals surface area contributed by atoms with Gasteiger partial charge >= 0.3 is 0 Å². The molecule has 3 aromatic heterocycles. The Balaban J connectivity index is 0.000000461. The summed E-state index contributed by atoms with van der Waals surface area (Å²) in [4.78, 5) is 23.3. The van der Waals surface area contributed by atoms with Gasteiger partial charge in [0.05, 0.1) is 9.90 Å². The monoisotopic (exact) mass is 476 g/mol. The quantitative estimate of drug-likeness (QED) is 0.299. The van der Waals surface area contributed by atoms with Gasteiger partial charge in [-0.05, 0) is 43.4 Å². The third kappa shape index (κ3) is 5.80. The fraction of sp³-hybridized carbons (Fsp3) is 0.190. The van der Waals surface area contributed by atoms with E-state index in [2.05, 4.69) is 47.1 Å². The smallest absolute Gasteiger partial charge is 0.265 e. The lowest BCUT2D eigenvalue weighted by Gasteiger charge is -2.05.